The molecule has 4 aliphatic rings. The molecule has 6 heteroatoms. The minimum absolute atomic E-state index is 0.0115. The Hall–Kier alpha value is -1.92. The number of allylic oxidation sites excluding steroid dienone is 2. The Balaban J connectivity index is 1.29. The first-order valence-corrected chi connectivity index (χ1v) is 13.2. The zero-order valence-electron chi connectivity index (χ0n) is 20.6. The first-order valence-electron chi connectivity index (χ1n) is 13.2. The van der Waals surface area contributed by atoms with Crippen LogP contribution in [0.1, 0.15) is 83.1 Å². The second kappa shape index (κ2) is 8.94. The number of fused-ring (bicyclic) bond motifs is 5. The minimum atomic E-state index is -0.607. The highest BCUT2D eigenvalue weighted by Gasteiger charge is 2.58. The monoisotopic (exact) mass is 468 g/mol. The van der Waals surface area contributed by atoms with E-state index >= 15 is 0 Å². The molecule has 1 unspecified atom stereocenters. The molecule has 3 saturated carbocycles. The molecule has 8 atom stereocenters. The second-order valence-corrected chi connectivity index (χ2v) is 11.8. The summed E-state index contributed by atoms with van der Waals surface area (Å²) in [5, 5.41) is 0. The molecule has 0 radical (unpaired) electrons. The average molecular weight is 469 g/mol. The topological polar surface area (TPSA) is 109 Å². The van der Waals surface area contributed by atoms with Gasteiger partial charge in [0.15, 0.2) is 0 Å². The maximum atomic E-state index is 12.4. The standard InChI is InChI=1S/C28H40N2O4/c1-27-12-9-19(34-26(32)24(30)11-14-29)15-18(27)4-5-20-22-7-6-21(17-3-8-25(31)33-16-17)28(22,2)13-10-23(20)27/h3,7-8,16,18-21,23-24H,4-6,9-15,29-30H2,1-2H3/t18-,19+,20+,21-,23+,24?,27+,28-/m1/s1. The van der Waals surface area contributed by atoms with Crippen LogP contribution >= 0.6 is 0 Å². The van der Waals surface area contributed by atoms with Crippen LogP contribution in [0.25, 0.3) is 0 Å². The zero-order chi connectivity index (χ0) is 24.1. The molecule has 6 nitrogen and oxygen atoms in total. The number of rotatable bonds is 5. The van der Waals surface area contributed by atoms with Crippen LogP contribution in [-0.2, 0) is 9.53 Å². The van der Waals surface area contributed by atoms with Gasteiger partial charge in [-0.2, -0.15) is 0 Å². The van der Waals surface area contributed by atoms with E-state index < -0.39 is 6.04 Å². The van der Waals surface area contributed by atoms with Gasteiger partial charge in [-0.05, 0) is 110 Å². The first-order chi connectivity index (χ1) is 16.3. The Kier molecular flexibility index (Phi) is 6.26. The normalized spacial score (nSPS) is 39.9. The van der Waals surface area contributed by atoms with E-state index in [1.54, 1.807) is 17.9 Å². The first kappa shape index (κ1) is 23.8. The van der Waals surface area contributed by atoms with Crippen molar-refractivity contribution in [2.45, 2.75) is 89.7 Å². The van der Waals surface area contributed by atoms with Gasteiger partial charge in [0, 0.05) is 6.07 Å². The van der Waals surface area contributed by atoms with Crippen molar-refractivity contribution in [3.63, 3.8) is 0 Å². The summed E-state index contributed by atoms with van der Waals surface area (Å²) in [5.41, 5.74) is 14.5. The van der Waals surface area contributed by atoms with E-state index in [9.17, 15) is 9.59 Å². The van der Waals surface area contributed by atoms with Gasteiger partial charge in [0.1, 0.15) is 12.1 Å². The van der Waals surface area contributed by atoms with Crippen LogP contribution < -0.4 is 17.1 Å². The molecule has 1 aromatic rings. The van der Waals surface area contributed by atoms with Crippen molar-refractivity contribution in [2.75, 3.05) is 6.54 Å². The highest BCUT2D eigenvalue weighted by molar-refractivity contribution is 5.75. The molecule has 5 rings (SSSR count). The summed E-state index contributed by atoms with van der Waals surface area (Å²) in [6, 6.07) is 2.91. The largest absolute Gasteiger partial charge is 0.461 e. The zero-order valence-corrected chi connectivity index (χ0v) is 20.6. The number of nitrogens with two attached hydrogens (primary N) is 2. The van der Waals surface area contributed by atoms with Crippen LogP contribution in [0.2, 0.25) is 0 Å². The van der Waals surface area contributed by atoms with Gasteiger partial charge in [0.2, 0.25) is 0 Å². The van der Waals surface area contributed by atoms with E-state index in [2.05, 4.69) is 19.9 Å². The van der Waals surface area contributed by atoms with Crippen molar-refractivity contribution in [3.05, 3.63) is 46.0 Å². The van der Waals surface area contributed by atoms with Gasteiger partial charge >= 0.3 is 11.6 Å². The molecule has 34 heavy (non-hydrogen) atoms. The fourth-order valence-electron chi connectivity index (χ4n) is 8.28. The van der Waals surface area contributed by atoms with E-state index in [0.717, 1.165) is 31.2 Å². The lowest BCUT2D eigenvalue weighted by molar-refractivity contribution is -0.159. The summed E-state index contributed by atoms with van der Waals surface area (Å²) < 4.78 is 11.1. The summed E-state index contributed by atoms with van der Waals surface area (Å²) in [6.07, 6.45) is 13.5. The number of ether oxygens (including phenoxy) is 1. The molecule has 4 N–H and O–H groups in total. The van der Waals surface area contributed by atoms with Crippen LogP contribution in [0.5, 0.6) is 0 Å². The van der Waals surface area contributed by atoms with E-state index in [-0.39, 0.29) is 23.1 Å². The van der Waals surface area contributed by atoms with E-state index in [1.165, 1.54) is 25.7 Å². The van der Waals surface area contributed by atoms with Gasteiger partial charge in [0.25, 0.3) is 0 Å². The Labute approximate surface area is 202 Å². The predicted molar refractivity (Wildman–Crippen MR) is 131 cm³/mol. The second-order valence-electron chi connectivity index (χ2n) is 11.8. The van der Waals surface area contributed by atoms with Crippen molar-refractivity contribution in [2.24, 2.45) is 40.1 Å². The molecule has 1 aromatic heterocycles. The van der Waals surface area contributed by atoms with Crippen LogP contribution in [0, 0.1) is 28.6 Å². The van der Waals surface area contributed by atoms with Crippen LogP contribution in [0.15, 0.2) is 39.3 Å². The molecule has 0 aliphatic heterocycles. The molecular weight excluding hydrogens is 428 g/mol. The molecule has 0 amide bonds. The number of hydrogen-bond acceptors (Lipinski definition) is 6. The van der Waals surface area contributed by atoms with E-state index in [0.29, 0.717) is 42.1 Å². The summed E-state index contributed by atoms with van der Waals surface area (Å²) in [7, 11) is 0. The number of carbonyl (C=O) groups is 1. The third-order valence-electron chi connectivity index (χ3n) is 10.2. The minimum Gasteiger partial charge on any atom is -0.461 e. The number of carbonyl (C=O) groups excluding carboxylic acids is 1. The number of hydrogen-bond donors (Lipinski definition) is 2. The van der Waals surface area contributed by atoms with Gasteiger partial charge < -0.3 is 20.6 Å². The number of esters is 1. The summed E-state index contributed by atoms with van der Waals surface area (Å²) in [6.45, 7) is 5.35. The van der Waals surface area contributed by atoms with Gasteiger partial charge in [-0.3, -0.25) is 4.79 Å². The van der Waals surface area contributed by atoms with Crippen molar-refractivity contribution >= 4 is 5.97 Å². The fraction of sp³-hybridized carbons (Fsp3) is 0.714. The SMILES string of the molecule is C[C@]12CC[C@H](OC(=O)C(N)CCN)C[C@H]1CC[C@H]1C3=CC[C@H](c4ccc(=O)oc4)[C@@]3(C)CC[C@@H]12. The van der Waals surface area contributed by atoms with Crippen LogP contribution in [-0.4, -0.2) is 24.7 Å². The van der Waals surface area contributed by atoms with E-state index in [4.69, 9.17) is 20.6 Å². The lowest BCUT2D eigenvalue weighted by Crippen LogP contribution is -2.52. The van der Waals surface area contributed by atoms with Crippen molar-refractivity contribution < 1.29 is 13.9 Å². The highest BCUT2D eigenvalue weighted by Crippen LogP contribution is 2.67. The molecule has 4 aliphatic carbocycles. The third-order valence-corrected chi connectivity index (χ3v) is 10.2. The summed E-state index contributed by atoms with van der Waals surface area (Å²) in [4.78, 5) is 23.8. The predicted octanol–water partition coefficient (Wildman–Crippen LogP) is 4.27. The summed E-state index contributed by atoms with van der Waals surface area (Å²) >= 11 is 0. The van der Waals surface area contributed by atoms with Crippen molar-refractivity contribution in [1.82, 2.24) is 0 Å². The molecule has 1 heterocycles. The van der Waals surface area contributed by atoms with E-state index in [1.807, 2.05) is 6.07 Å². The molecule has 0 aromatic carbocycles. The average Bonchev–Trinajstić information content (AvgIpc) is 3.17. The third kappa shape index (κ3) is 3.87. The summed E-state index contributed by atoms with van der Waals surface area (Å²) in [5.74, 6) is 2.02. The lowest BCUT2D eigenvalue weighted by Gasteiger charge is -2.59. The van der Waals surface area contributed by atoms with Gasteiger partial charge in [-0.1, -0.05) is 25.5 Å². The Morgan fingerprint density at radius 2 is 2.03 bits per heavy atom. The maximum absolute atomic E-state index is 12.4. The quantitative estimate of drug-likeness (QED) is 0.493. The van der Waals surface area contributed by atoms with Gasteiger partial charge in [-0.15, -0.1) is 0 Å². The van der Waals surface area contributed by atoms with Crippen molar-refractivity contribution in [1.29, 1.82) is 0 Å². The maximum Gasteiger partial charge on any atom is 0.335 e. The molecule has 0 bridgehead atoms. The molecule has 0 spiro atoms. The smallest absolute Gasteiger partial charge is 0.335 e. The molecule has 0 saturated heterocycles. The fourth-order valence-corrected chi connectivity index (χ4v) is 8.28. The lowest BCUT2D eigenvalue weighted by atomic mass is 9.46. The van der Waals surface area contributed by atoms with Crippen LogP contribution in [0.3, 0.4) is 0 Å². The Bertz CT molecular complexity index is 997. The molecule has 3 fully saturated rings. The van der Waals surface area contributed by atoms with Gasteiger partial charge in [0.05, 0.1) is 6.26 Å². The highest BCUT2D eigenvalue weighted by atomic mass is 16.5. The van der Waals surface area contributed by atoms with Crippen molar-refractivity contribution in [3.8, 4) is 0 Å². The molecular formula is C28H40N2O4. The van der Waals surface area contributed by atoms with Gasteiger partial charge in [-0.25, -0.2) is 4.79 Å². The van der Waals surface area contributed by atoms with Crippen LogP contribution in [0.4, 0.5) is 0 Å². The Morgan fingerprint density at radius 3 is 2.76 bits per heavy atom. The Morgan fingerprint density at radius 1 is 1.21 bits per heavy atom. The molecule has 186 valence electrons.